The number of benzene rings is 2. The number of aromatic amines is 1. The second-order valence-corrected chi connectivity index (χ2v) is 11.3. The lowest BCUT2D eigenvalue weighted by atomic mass is 9.80. The van der Waals surface area contributed by atoms with Gasteiger partial charge in [-0.3, -0.25) is 9.69 Å². The van der Waals surface area contributed by atoms with Gasteiger partial charge >= 0.3 is 0 Å². The Morgan fingerprint density at radius 2 is 1.74 bits per heavy atom. The van der Waals surface area contributed by atoms with Crippen molar-refractivity contribution in [2.75, 3.05) is 36.4 Å². The number of aromatic nitrogens is 1. The van der Waals surface area contributed by atoms with Crippen molar-refractivity contribution < 1.29 is 4.79 Å². The van der Waals surface area contributed by atoms with Crippen LogP contribution < -0.4 is 10.2 Å². The highest BCUT2D eigenvalue weighted by Gasteiger charge is 2.40. The second kappa shape index (κ2) is 9.98. The van der Waals surface area contributed by atoms with Crippen molar-refractivity contribution in [2.45, 2.75) is 57.0 Å². The zero-order chi connectivity index (χ0) is 23.8. The molecule has 3 heterocycles. The van der Waals surface area contributed by atoms with E-state index in [1.807, 2.05) is 6.20 Å². The second-order valence-electron chi connectivity index (χ2n) is 10.5. The lowest BCUT2D eigenvalue weighted by Gasteiger charge is -2.45. The van der Waals surface area contributed by atoms with Gasteiger partial charge in [0.15, 0.2) is 5.78 Å². The van der Waals surface area contributed by atoms with Crippen LogP contribution in [-0.2, 0) is 11.2 Å². The van der Waals surface area contributed by atoms with Crippen LogP contribution in [0.25, 0.3) is 10.9 Å². The van der Waals surface area contributed by atoms with Gasteiger partial charge in [0.05, 0.1) is 11.6 Å². The Bertz CT molecular complexity index is 1190. The lowest BCUT2D eigenvalue weighted by molar-refractivity contribution is -0.130. The monoisotopic (exact) mass is 534 g/mol. The molecule has 2 aromatic carbocycles. The van der Waals surface area contributed by atoms with Gasteiger partial charge in [-0.2, -0.15) is 0 Å². The van der Waals surface area contributed by atoms with Crippen LogP contribution in [0.1, 0.15) is 44.1 Å². The highest BCUT2D eigenvalue weighted by Crippen LogP contribution is 2.35. The van der Waals surface area contributed by atoms with E-state index in [-0.39, 0.29) is 18.0 Å². The smallest absolute Gasteiger partial charge is 0.155 e. The number of Topliss-reactive ketones (excluding diaryl/α,β-unsaturated/α-hetero) is 1. The molecule has 5 nitrogen and oxygen atoms in total. The number of nitrogens with zero attached hydrogens (tertiary/aromatic N) is 2. The van der Waals surface area contributed by atoms with Crippen molar-refractivity contribution >= 4 is 44.0 Å². The van der Waals surface area contributed by atoms with Crippen LogP contribution in [0, 0.1) is 5.92 Å². The van der Waals surface area contributed by atoms with Gasteiger partial charge in [-0.15, -0.1) is 0 Å². The summed E-state index contributed by atoms with van der Waals surface area (Å²) in [6, 6.07) is 15.3. The van der Waals surface area contributed by atoms with Crippen molar-refractivity contribution in [2.24, 2.45) is 5.92 Å². The molecule has 3 aromatic rings. The zero-order valence-electron chi connectivity index (χ0n) is 20.3. The van der Waals surface area contributed by atoms with Crippen molar-refractivity contribution in [3.8, 4) is 0 Å². The van der Waals surface area contributed by atoms with Crippen LogP contribution in [-0.4, -0.2) is 53.9 Å². The quantitative estimate of drug-likeness (QED) is 0.421. The number of H-pyrrole nitrogens is 1. The number of carbonyl (C=O) groups is 1. The van der Waals surface area contributed by atoms with Crippen LogP contribution in [0.2, 0.25) is 0 Å². The minimum absolute atomic E-state index is 0.0363. The molecule has 6 rings (SSSR count). The Kier molecular flexibility index (Phi) is 6.59. The summed E-state index contributed by atoms with van der Waals surface area (Å²) in [5.74, 6) is 0.725. The molecular weight excluding hydrogens is 500 g/mol. The molecule has 2 aliphatic heterocycles. The molecule has 1 saturated heterocycles. The average molecular weight is 536 g/mol. The molecule has 184 valence electrons. The number of anilines is 2. The molecule has 1 aliphatic carbocycles. The van der Waals surface area contributed by atoms with Crippen LogP contribution in [0.4, 0.5) is 11.4 Å². The van der Waals surface area contributed by atoms with E-state index in [1.54, 1.807) is 0 Å². The number of halogens is 1. The highest BCUT2D eigenvalue weighted by atomic mass is 79.9. The van der Waals surface area contributed by atoms with Gasteiger partial charge in [-0.25, -0.2) is 0 Å². The number of aryl methyl sites for hydroxylation is 1. The lowest BCUT2D eigenvalue weighted by Crippen LogP contribution is -2.60. The van der Waals surface area contributed by atoms with Gasteiger partial charge < -0.3 is 15.2 Å². The summed E-state index contributed by atoms with van der Waals surface area (Å²) in [4.78, 5) is 22.4. The van der Waals surface area contributed by atoms with E-state index in [1.165, 1.54) is 41.6 Å². The van der Waals surface area contributed by atoms with Crippen LogP contribution in [0.3, 0.4) is 0 Å². The molecule has 2 atom stereocenters. The van der Waals surface area contributed by atoms with E-state index >= 15 is 0 Å². The first-order valence-corrected chi connectivity index (χ1v) is 14.1. The molecule has 0 bridgehead atoms. The van der Waals surface area contributed by atoms with E-state index in [0.717, 1.165) is 61.9 Å². The summed E-state index contributed by atoms with van der Waals surface area (Å²) in [5.41, 5.74) is 5.03. The number of ketones is 1. The number of hydrogen-bond acceptors (Lipinski definition) is 4. The fourth-order valence-corrected chi connectivity index (χ4v) is 7.04. The van der Waals surface area contributed by atoms with Crippen molar-refractivity contribution in [3.63, 3.8) is 0 Å². The van der Waals surface area contributed by atoms with Gasteiger partial charge in [-0.1, -0.05) is 37.5 Å². The predicted molar refractivity (Wildman–Crippen MR) is 147 cm³/mol. The summed E-state index contributed by atoms with van der Waals surface area (Å²) in [7, 11) is 0. The van der Waals surface area contributed by atoms with E-state index in [9.17, 15) is 4.79 Å². The maximum Gasteiger partial charge on any atom is 0.155 e. The number of carbonyl (C=O) groups excluding carboxylic acids is 1. The number of nitrogens with one attached hydrogen (secondary N) is 2. The first kappa shape index (κ1) is 23.1. The van der Waals surface area contributed by atoms with Gasteiger partial charge in [0.2, 0.25) is 0 Å². The van der Waals surface area contributed by atoms with Gasteiger partial charge in [-0.05, 0) is 71.4 Å². The molecule has 6 heteroatoms. The van der Waals surface area contributed by atoms with Crippen LogP contribution >= 0.6 is 15.9 Å². The van der Waals surface area contributed by atoms with E-state index in [2.05, 4.69) is 78.5 Å². The molecule has 2 fully saturated rings. The van der Waals surface area contributed by atoms with E-state index < -0.39 is 0 Å². The van der Waals surface area contributed by atoms with E-state index in [4.69, 9.17) is 0 Å². The maximum absolute atomic E-state index is 14.0. The number of para-hydroxylation sites is 1. The SMILES string of the molecule is O=C(C1CCCCC1)C(C1CCc2ccccc2N1)N1CCN(c2ccc(Br)c3[nH]ccc23)CC1. The summed E-state index contributed by atoms with van der Waals surface area (Å²) in [6.07, 6.45) is 9.92. The first-order valence-electron chi connectivity index (χ1n) is 13.3. The number of piperazine rings is 1. The fraction of sp³-hybridized carbons (Fsp3) is 0.483. The molecule has 0 spiro atoms. The number of hydrogen-bond donors (Lipinski definition) is 2. The zero-order valence-corrected chi connectivity index (χ0v) is 21.9. The Labute approximate surface area is 216 Å². The van der Waals surface area contributed by atoms with Crippen molar-refractivity contribution in [3.05, 3.63) is 58.7 Å². The molecule has 1 saturated carbocycles. The van der Waals surface area contributed by atoms with Gasteiger partial charge in [0, 0.05) is 65.6 Å². The minimum atomic E-state index is -0.0363. The van der Waals surface area contributed by atoms with Crippen LogP contribution in [0.5, 0.6) is 0 Å². The van der Waals surface area contributed by atoms with Gasteiger partial charge in [0.1, 0.15) is 0 Å². The Morgan fingerprint density at radius 3 is 2.57 bits per heavy atom. The molecule has 2 N–H and O–H groups in total. The molecule has 1 aromatic heterocycles. The van der Waals surface area contributed by atoms with Gasteiger partial charge in [0.25, 0.3) is 0 Å². The standard InChI is InChI=1S/C29H35BrN4O/c30-23-11-13-26(22-14-15-31-27(22)23)33-16-18-34(19-17-33)28(29(35)21-7-2-1-3-8-21)25-12-10-20-6-4-5-9-24(20)32-25/h4-6,9,11,13-15,21,25,28,31-32H,1-3,7-8,10,12,16-19H2. The third-order valence-electron chi connectivity index (χ3n) is 8.46. The molecule has 3 aliphatic rings. The van der Waals surface area contributed by atoms with Crippen molar-refractivity contribution in [1.82, 2.24) is 9.88 Å². The summed E-state index contributed by atoms with van der Waals surface area (Å²) in [5, 5.41) is 5.06. The Balaban J connectivity index is 1.23. The predicted octanol–water partition coefficient (Wildman–Crippen LogP) is 6.00. The van der Waals surface area contributed by atoms with Crippen LogP contribution in [0.15, 0.2) is 53.1 Å². The normalized spacial score (nSPS) is 22.5. The Hall–Kier alpha value is -2.31. The fourth-order valence-electron chi connectivity index (χ4n) is 6.58. The summed E-state index contributed by atoms with van der Waals surface area (Å²) < 4.78 is 1.10. The average Bonchev–Trinajstić information content (AvgIpc) is 3.41. The topological polar surface area (TPSA) is 51.4 Å². The minimum Gasteiger partial charge on any atom is -0.380 e. The van der Waals surface area contributed by atoms with Crippen molar-refractivity contribution in [1.29, 1.82) is 0 Å². The van der Waals surface area contributed by atoms with E-state index in [0.29, 0.717) is 5.78 Å². The molecule has 35 heavy (non-hydrogen) atoms. The largest absolute Gasteiger partial charge is 0.380 e. The molecule has 2 unspecified atom stereocenters. The third kappa shape index (κ3) is 4.51. The maximum atomic E-state index is 14.0. The first-order chi connectivity index (χ1) is 17.2. The number of rotatable bonds is 5. The number of fused-ring (bicyclic) bond motifs is 2. The third-order valence-corrected chi connectivity index (χ3v) is 9.12. The molecule has 0 amide bonds. The molecule has 0 radical (unpaired) electrons. The highest BCUT2D eigenvalue weighted by molar-refractivity contribution is 9.10. The summed E-state index contributed by atoms with van der Waals surface area (Å²) >= 11 is 3.67. The Morgan fingerprint density at radius 1 is 0.943 bits per heavy atom. The molecular formula is C29H35BrN4O. The summed E-state index contributed by atoms with van der Waals surface area (Å²) in [6.45, 7) is 3.73.